The van der Waals surface area contributed by atoms with E-state index in [0.29, 0.717) is 18.8 Å². The first-order valence-electron chi connectivity index (χ1n) is 8.27. The maximum absolute atomic E-state index is 12.3. The Balaban J connectivity index is 1.37. The molecule has 4 rings (SSSR count). The molecule has 0 bridgehead atoms. The van der Waals surface area contributed by atoms with Crippen molar-refractivity contribution in [1.29, 1.82) is 0 Å². The van der Waals surface area contributed by atoms with E-state index in [9.17, 15) is 4.79 Å². The SMILES string of the molecule is O=C(NCc1ccc2c(c1)OCO2)Nc1ccccc1Cn1cccn1. The average molecular weight is 350 g/mol. The van der Waals surface area contributed by atoms with E-state index in [1.807, 2.05) is 59.4 Å². The van der Waals surface area contributed by atoms with Gasteiger partial charge in [0.1, 0.15) is 0 Å². The number of nitrogens with one attached hydrogen (secondary N) is 2. The van der Waals surface area contributed by atoms with Gasteiger partial charge >= 0.3 is 6.03 Å². The highest BCUT2D eigenvalue weighted by Crippen LogP contribution is 2.32. The van der Waals surface area contributed by atoms with Crippen LogP contribution in [0.1, 0.15) is 11.1 Å². The Morgan fingerprint density at radius 2 is 2.00 bits per heavy atom. The number of ether oxygens (including phenoxy) is 2. The van der Waals surface area contributed by atoms with Crippen LogP contribution in [0.4, 0.5) is 10.5 Å². The summed E-state index contributed by atoms with van der Waals surface area (Å²) in [5.74, 6) is 1.43. The summed E-state index contributed by atoms with van der Waals surface area (Å²) < 4.78 is 12.4. The van der Waals surface area contributed by atoms with E-state index < -0.39 is 0 Å². The Labute approximate surface area is 150 Å². The number of urea groups is 1. The van der Waals surface area contributed by atoms with Crippen molar-refractivity contribution in [3.8, 4) is 11.5 Å². The third kappa shape index (κ3) is 3.61. The second kappa shape index (κ2) is 7.18. The van der Waals surface area contributed by atoms with Crippen LogP contribution in [-0.4, -0.2) is 22.6 Å². The number of hydrogen-bond acceptors (Lipinski definition) is 4. The van der Waals surface area contributed by atoms with E-state index in [4.69, 9.17) is 9.47 Å². The van der Waals surface area contributed by atoms with E-state index in [1.54, 1.807) is 6.20 Å². The number of amides is 2. The Kier molecular flexibility index (Phi) is 4.42. The molecular formula is C19H18N4O3. The highest BCUT2D eigenvalue weighted by atomic mass is 16.7. The fourth-order valence-corrected chi connectivity index (χ4v) is 2.75. The van der Waals surface area contributed by atoms with Crippen LogP contribution < -0.4 is 20.1 Å². The molecule has 0 spiro atoms. The Bertz CT molecular complexity index is 909. The van der Waals surface area contributed by atoms with Crippen LogP contribution in [-0.2, 0) is 13.1 Å². The highest BCUT2D eigenvalue weighted by Gasteiger charge is 2.13. The van der Waals surface area contributed by atoms with Crippen LogP contribution in [0.5, 0.6) is 11.5 Å². The molecule has 2 aromatic carbocycles. The van der Waals surface area contributed by atoms with Gasteiger partial charge in [-0.2, -0.15) is 5.10 Å². The maximum atomic E-state index is 12.3. The smallest absolute Gasteiger partial charge is 0.319 e. The molecule has 3 aromatic rings. The molecule has 0 fully saturated rings. The van der Waals surface area contributed by atoms with Crippen LogP contribution >= 0.6 is 0 Å². The molecule has 26 heavy (non-hydrogen) atoms. The largest absolute Gasteiger partial charge is 0.454 e. The summed E-state index contributed by atoms with van der Waals surface area (Å²) in [7, 11) is 0. The summed E-state index contributed by atoms with van der Waals surface area (Å²) in [5.41, 5.74) is 2.68. The van der Waals surface area contributed by atoms with Gasteiger partial charge in [0.25, 0.3) is 0 Å². The molecule has 7 heteroatoms. The van der Waals surface area contributed by atoms with Gasteiger partial charge in [-0.15, -0.1) is 0 Å². The number of rotatable bonds is 5. The van der Waals surface area contributed by atoms with Gasteiger partial charge in [-0.1, -0.05) is 24.3 Å². The highest BCUT2D eigenvalue weighted by molar-refractivity contribution is 5.90. The molecule has 132 valence electrons. The van der Waals surface area contributed by atoms with Crippen LogP contribution in [0.3, 0.4) is 0 Å². The Morgan fingerprint density at radius 3 is 2.88 bits per heavy atom. The van der Waals surface area contributed by atoms with Gasteiger partial charge in [0, 0.05) is 24.6 Å². The molecule has 0 aliphatic carbocycles. The number of anilines is 1. The molecule has 1 aliphatic rings. The van der Waals surface area contributed by atoms with E-state index in [1.165, 1.54) is 0 Å². The van der Waals surface area contributed by atoms with Crippen LogP contribution in [0.2, 0.25) is 0 Å². The lowest BCUT2D eigenvalue weighted by molar-refractivity contribution is 0.174. The number of fused-ring (bicyclic) bond motifs is 1. The summed E-state index contributed by atoms with van der Waals surface area (Å²) in [5, 5.41) is 9.96. The summed E-state index contributed by atoms with van der Waals surface area (Å²) in [6.07, 6.45) is 3.62. The Hall–Kier alpha value is -3.48. The molecule has 0 atom stereocenters. The van der Waals surface area contributed by atoms with Crippen molar-refractivity contribution >= 4 is 11.7 Å². The zero-order valence-corrected chi connectivity index (χ0v) is 14.0. The minimum Gasteiger partial charge on any atom is -0.454 e. The predicted molar refractivity (Wildman–Crippen MR) is 96.2 cm³/mol. The molecule has 1 aliphatic heterocycles. The van der Waals surface area contributed by atoms with E-state index in [-0.39, 0.29) is 12.8 Å². The monoisotopic (exact) mass is 350 g/mol. The molecule has 2 N–H and O–H groups in total. The zero-order chi connectivity index (χ0) is 17.8. The van der Waals surface area contributed by atoms with Crippen molar-refractivity contribution < 1.29 is 14.3 Å². The Morgan fingerprint density at radius 1 is 1.12 bits per heavy atom. The van der Waals surface area contributed by atoms with Gasteiger partial charge in [0.2, 0.25) is 6.79 Å². The van der Waals surface area contributed by atoms with E-state index in [0.717, 1.165) is 22.6 Å². The summed E-state index contributed by atoms with van der Waals surface area (Å²) in [4.78, 5) is 12.3. The van der Waals surface area contributed by atoms with E-state index >= 15 is 0 Å². The normalized spacial score (nSPS) is 12.0. The third-order valence-corrected chi connectivity index (χ3v) is 4.05. The number of carbonyl (C=O) groups excluding carboxylic acids is 1. The van der Waals surface area contributed by atoms with Crippen LogP contribution in [0, 0.1) is 0 Å². The summed E-state index contributed by atoms with van der Waals surface area (Å²) >= 11 is 0. The minimum absolute atomic E-state index is 0.236. The maximum Gasteiger partial charge on any atom is 0.319 e. The van der Waals surface area contributed by atoms with Gasteiger partial charge in [0.15, 0.2) is 11.5 Å². The average Bonchev–Trinajstić information content (AvgIpc) is 3.32. The zero-order valence-electron chi connectivity index (χ0n) is 14.0. The molecule has 0 saturated heterocycles. The predicted octanol–water partition coefficient (Wildman–Crippen LogP) is 2.98. The van der Waals surface area contributed by atoms with E-state index in [2.05, 4.69) is 15.7 Å². The van der Waals surface area contributed by atoms with Crippen molar-refractivity contribution in [2.75, 3.05) is 12.1 Å². The van der Waals surface area contributed by atoms with Crippen molar-refractivity contribution in [2.45, 2.75) is 13.1 Å². The number of carbonyl (C=O) groups is 1. The number of aromatic nitrogens is 2. The topological polar surface area (TPSA) is 77.4 Å². The molecule has 2 heterocycles. The number of nitrogens with zero attached hydrogens (tertiary/aromatic N) is 2. The number of para-hydroxylation sites is 1. The van der Waals surface area contributed by atoms with Crippen molar-refractivity contribution in [3.05, 3.63) is 72.1 Å². The minimum atomic E-state index is -0.268. The number of hydrogen-bond donors (Lipinski definition) is 2. The molecule has 0 saturated carbocycles. The van der Waals surface area contributed by atoms with Gasteiger partial charge in [-0.05, 0) is 35.4 Å². The lowest BCUT2D eigenvalue weighted by Gasteiger charge is -2.12. The first kappa shape index (κ1) is 16.0. The number of benzene rings is 2. The molecule has 0 radical (unpaired) electrons. The van der Waals surface area contributed by atoms with Gasteiger partial charge < -0.3 is 20.1 Å². The van der Waals surface area contributed by atoms with Crippen molar-refractivity contribution in [3.63, 3.8) is 0 Å². The quantitative estimate of drug-likeness (QED) is 0.742. The fraction of sp³-hybridized carbons (Fsp3) is 0.158. The second-order valence-electron chi connectivity index (χ2n) is 5.86. The fourth-order valence-electron chi connectivity index (χ4n) is 2.75. The lowest BCUT2D eigenvalue weighted by atomic mass is 10.2. The lowest BCUT2D eigenvalue weighted by Crippen LogP contribution is -2.28. The molecule has 2 amide bonds. The molecule has 0 unspecified atom stereocenters. The van der Waals surface area contributed by atoms with Crippen molar-refractivity contribution in [1.82, 2.24) is 15.1 Å². The molecule has 1 aromatic heterocycles. The van der Waals surface area contributed by atoms with Crippen LogP contribution in [0.15, 0.2) is 60.9 Å². The van der Waals surface area contributed by atoms with Gasteiger partial charge in [-0.3, -0.25) is 4.68 Å². The first-order chi connectivity index (χ1) is 12.8. The second-order valence-corrected chi connectivity index (χ2v) is 5.86. The summed E-state index contributed by atoms with van der Waals surface area (Å²) in [6, 6.07) is 14.9. The van der Waals surface area contributed by atoms with Gasteiger partial charge in [0.05, 0.1) is 6.54 Å². The standard InChI is InChI=1S/C19H18N4O3/c24-19(20-11-14-6-7-17-18(10-14)26-13-25-17)22-16-5-2-1-4-15(16)12-23-9-3-8-21-23/h1-10H,11-13H2,(H2,20,22,24). The molecular weight excluding hydrogens is 332 g/mol. The van der Waals surface area contributed by atoms with Crippen molar-refractivity contribution in [2.24, 2.45) is 0 Å². The van der Waals surface area contributed by atoms with Gasteiger partial charge in [-0.25, -0.2) is 4.79 Å². The van der Waals surface area contributed by atoms with Crippen LogP contribution in [0.25, 0.3) is 0 Å². The summed E-state index contributed by atoms with van der Waals surface area (Å²) in [6.45, 7) is 1.22. The third-order valence-electron chi connectivity index (χ3n) is 4.05. The molecule has 7 nitrogen and oxygen atoms in total. The first-order valence-corrected chi connectivity index (χ1v) is 8.27.